The van der Waals surface area contributed by atoms with Crippen LogP contribution in [0.5, 0.6) is 23.0 Å². The summed E-state index contributed by atoms with van der Waals surface area (Å²) in [4.78, 5) is 52.8. The van der Waals surface area contributed by atoms with E-state index in [0.29, 0.717) is 34.5 Å². The number of rotatable bonds is 6. The molecule has 9 rings (SSSR count). The molecule has 3 aliphatic heterocycles. The van der Waals surface area contributed by atoms with Crippen molar-refractivity contribution in [3.63, 3.8) is 0 Å². The minimum Gasteiger partial charge on any atom is -0.462 e. The van der Waals surface area contributed by atoms with Gasteiger partial charge in [-0.05, 0) is 69.3 Å². The second-order valence-electron chi connectivity index (χ2n) is 13.2. The number of benzene rings is 4. The normalized spacial score (nSPS) is 13.6. The lowest BCUT2D eigenvalue weighted by atomic mass is 10.1. The molecule has 3 aliphatic rings. The van der Waals surface area contributed by atoms with Crippen molar-refractivity contribution in [2.75, 3.05) is 32.8 Å². The van der Waals surface area contributed by atoms with Crippen LogP contribution in [0.1, 0.15) is 40.5 Å². The lowest BCUT2D eigenvalue weighted by molar-refractivity contribution is 0.0524. The summed E-state index contributed by atoms with van der Waals surface area (Å²) in [5, 5.41) is 3.10. The Kier molecular flexibility index (Phi) is 9.92. The fourth-order valence-corrected chi connectivity index (χ4v) is 7.40. The molecule has 2 aromatic heterocycles. The third kappa shape index (κ3) is 6.64. The van der Waals surface area contributed by atoms with Crippen LogP contribution in [0.15, 0.2) is 70.5 Å². The lowest BCUT2D eigenvalue weighted by Crippen LogP contribution is -2.36. The van der Waals surface area contributed by atoms with Gasteiger partial charge in [0.2, 0.25) is 22.5 Å². The van der Waals surface area contributed by atoms with Crippen molar-refractivity contribution in [2.24, 2.45) is 0 Å². The maximum atomic E-state index is 14.5. The van der Waals surface area contributed by atoms with Crippen molar-refractivity contribution in [1.82, 2.24) is 19.4 Å². The third-order valence-electron chi connectivity index (χ3n) is 9.72. The zero-order valence-electron chi connectivity index (χ0n) is 29.7. The molecule has 5 heterocycles. The van der Waals surface area contributed by atoms with Crippen LogP contribution in [0.25, 0.3) is 33.2 Å². The van der Waals surface area contributed by atoms with Gasteiger partial charge < -0.3 is 33.6 Å². The highest BCUT2D eigenvalue weighted by atomic mass is 35.5. The first-order chi connectivity index (χ1) is 27.4. The highest BCUT2D eigenvalue weighted by Gasteiger charge is 2.31. The van der Waals surface area contributed by atoms with Gasteiger partial charge in [0.15, 0.2) is 34.6 Å². The van der Waals surface area contributed by atoms with Crippen LogP contribution >= 0.6 is 23.2 Å². The molecule has 0 spiro atoms. The first-order valence-electron chi connectivity index (χ1n) is 17.6. The number of likely N-dealkylation sites (tertiary alicyclic amines) is 1. The standard InChI is InChI=1S/C22H18ClF2N3O3.C18H10ClF2NO4/c23-12-3-4-16-17(9-12)31-21-18(25)15(24)10-13-19(21)28(16)11-14(20(13)29)22(30)26-5-8-27-6-1-2-7-27;1-2-25-18(24)10-7-22-12-4-3-8(19)5-13(12)26-17-14(21)11(20)6-9(15(17)22)16(10)23/h3-4,9-11H,1-2,5-8H2,(H,26,30);3-7H,2H2,1H3. The van der Waals surface area contributed by atoms with E-state index in [4.69, 9.17) is 37.4 Å². The van der Waals surface area contributed by atoms with Crippen molar-refractivity contribution in [3.8, 4) is 34.4 Å². The Hall–Kier alpha value is -5.90. The minimum absolute atomic E-state index is 0.0248. The maximum Gasteiger partial charge on any atom is 0.343 e. The molecule has 0 bridgehead atoms. The molecule has 1 saturated heterocycles. The average molecular weight is 824 g/mol. The zero-order chi connectivity index (χ0) is 40.3. The summed E-state index contributed by atoms with van der Waals surface area (Å²) in [5.41, 5.74) is -0.943. The van der Waals surface area contributed by atoms with Crippen molar-refractivity contribution in [2.45, 2.75) is 19.8 Å². The van der Waals surface area contributed by atoms with E-state index in [2.05, 4.69) is 10.2 Å². The van der Waals surface area contributed by atoms with Gasteiger partial charge in [0.25, 0.3) is 5.91 Å². The number of pyridine rings is 2. The summed E-state index contributed by atoms with van der Waals surface area (Å²) in [7, 11) is 0. The van der Waals surface area contributed by atoms with Crippen molar-refractivity contribution in [1.29, 1.82) is 0 Å². The van der Waals surface area contributed by atoms with E-state index in [0.717, 1.165) is 38.1 Å². The smallest absolute Gasteiger partial charge is 0.343 e. The zero-order valence-corrected chi connectivity index (χ0v) is 31.2. The summed E-state index contributed by atoms with van der Waals surface area (Å²) in [6.45, 7) is 4.71. The molecule has 0 atom stereocenters. The number of esters is 1. The molecule has 6 aromatic rings. The van der Waals surface area contributed by atoms with Crippen LogP contribution < -0.4 is 25.6 Å². The van der Waals surface area contributed by atoms with Gasteiger partial charge in [0.1, 0.15) is 22.2 Å². The molecular formula is C40H28Cl2F4N4O7. The molecule has 4 aromatic carbocycles. The highest BCUT2D eigenvalue weighted by Crippen LogP contribution is 2.44. The molecule has 57 heavy (non-hydrogen) atoms. The Labute approximate surface area is 329 Å². The maximum absolute atomic E-state index is 14.5. The number of carbonyl (C=O) groups excluding carboxylic acids is 2. The third-order valence-corrected chi connectivity index (χ3v) is 10.2. The monoisotopic (exact) mass is 822 g/mol. The van der Waals surface area contributed by atoms with E-state index in [-0.39, 0.29) is 51.0 Å². The minimum atomic E-state index is -1.26. The Morgan fingerprint density at radius 1 is 0.754 bits per heavy atom. The largest absolute Gasteiger partial charge is 0.462 e. The van der Waals surface area contributed by atoms with Crippen LogP contribution in [-0.2, 0) is 4.74 Å². The SMILES string of the molecule is CCOC(=O)c1cn2c3c(c(F)c(F)cc3c1=O)Oc1cc(Cl)ccc1-2.O=C(NCCN1CCCC1)c1cn2c3c(c(F)c(F)cc3c1=O)Oc1cc(Cl)ccc1-2. The quantitative estimate of drug-likeness (QED) is 0.132. The fourth-order valence-electron chi connectivity index (χ4n) is 7.07. The van der Waals surface area contributed by atoms with E-state index in [9.17, 15) is 36.7 Å². The van der Waals surface area contributed by atoms with Crippen LogP contribution in [-0.4, -0.2) is 58.7 Å². The van der Waals surface area contributed by atoms with Crippen LogP contribution in [0.2, 0.25) is 10.0 Å². The highest BCUT2D eigenvalue weighted by molar-refractivity contribution is 6.31. The van der Waals surface area contributed by atoms with E-state index in [1.807, 2.05) is 0 Å². The van der Waals surface area contributed by atoms with Gasteiger partial charge in [0, 0.05) is 47.7 Å². The number of aromatic nitrogens is 2. The summed E-state index contributed by atoms with van der Waals surface area (Å²) in [6, 6.07) is 10.8. The molecule has 1 amide bonds. The molecular weight excluding hydrogens is 795 g/mol. The number of hydrogen-bond acceptors (Lipinski definition) is 8. The van der Waals surface area contributed by atoms with Gasteiger partial charge in [0.05, 0.1) is 28.8 Å². The number of nitrogens with zero attached hydrogens (tertiary/aromatic N) is 3. The molecule has 0 aliphatic carbocycles. The van der Waals surface area contributed by atoms with Gasteiger partial charge in [-0.15, -0.1) is 0 Å². The van der Waals surface area contributed by atoms with Gasteiger partial charge in [-0.25, -0.2) is 13.6 Å². The first-order valence-corrected chi connectivity index (χ1v) is 18.4. The fraction of sp³-hybridized carbons (Fsp3) is 0.200. The predicted molar refractivity (Wildman–Crippen MR) is 203 cm³/mol. The van der Waals surface area contributed by atoms with E-state index < -0.39 is 57.5 Å². The molecule has 0 unspecified atom stereocenters. The molecule has 0 radical (unpaired) electrons. The lowest BCUT2D eigenvalue weighted by Gasteiger charge is -2.24. The second kappa shape index (κ2) is 14.9. The molecule has 11 nitrogen and oxygen atoms in total. The Bertz CT molecular complexity index is 2820. The summed E-state index contributed by atoms with van der Waals surface area (Å²) < 4.78 is 75.9. The van der Waals surface area contributed by atoms with Gasteiger partial charge in [-0.3, -0.25) is 14.4 Å². The Morgan fingerprint density at radius 3 is 1.75 bits per heavy atom. The molecule has 17 heteroatoms. The number of nitrogens with one attached hydrogen (secondary N) is 1. The van der Waals surface area contributed by atoms with E-state index in [1.165, 1.54) is 33.7 Å². The van der Waals surface area contributed by atoms with Crippen LogP contribution in [0, 0.1) is 23.3 Å². The predicted octanol–water partition coefficient (Wildman–Crippen LogP) is 8.06. The van der Waals surface area contributed by atoms with E-state index >= 15 is 0 Å². The first kappa shape index (κ1) is 38.0. The number of amides is 1. The van der Waals surface area contributed by atoms with Gasteiger partial charge in [-0.2, -0.15) is 8.78 Å². The van der Waals surface area contributed by atoms with E-state index in [1.54, 1.807) is 31.2 Å². The molecule has 0 saturated carbocycles. The van der Waals surface area contributed by atoms with Crippen LogP contribution in [0.3, 0.4) is 0 Å². The number of ether oxygens (including phenoxy) is 3. The number of hydrogen-bond donors (Lipinski definition) is 1. The Morgan fingerprint density at radius 2 is 1.25 bits per heavy atom. The topological polar surface area (TPSA) is 121 Å². The molecule has 292 valence electrons. The van der Waals surface area contributed by atoms with Crippen molar-refractivity contribution < 1.29 is 41.4 Å². The molecule has 1 fully saturated rings. The molecule has 1 N–H and O–H groups in total. The van der Waals surface area contributed by atoms with Crippen LogP contribution in [0.4, 0.5) is 17.6 Å². The summed E-state index contributed by atoms with van der Waals surface area (Å²) >= 11 is 12.0. The second-order valence-corrected chi connectivity index (χ2v) is 14.1. The average Bonchev–Trinajstić information content (AvgIpc) is 3.71. The summed E-state index contributed by atoms with van der Waals surface area (Å²) in [6.07, 6.45) is 4.85. The van der Waals surface area contributed by atoms with Crippen molar-refractivity contribution in [3.05, 3.63) is 126 Å². The number of carbonyl (C=O) groups is 2. The number of fused-ring (bicyclic) bond motifs is 4. The van der Waals surface area contributed by atoms with Gasteiger partial charge in [-0.1, -0.05) is 23.2 Å². The van der Waals surface area contributed by atoms with Crippen molar-refractivity contribution >= 4 is 56.9 Å². The van der Waals surface area contributed by atoms with Gasteiger partial charge >= 0.3 is 5.97 Å². The Balaban J connectivity index is 0.000000162. The number of halogens is 6. The summed E-state index contributed by atoms with van der Waals surface area (Å²) in [5.74, 6) is -6.87.